The van der Waals surface area contributed by atoms with Crippen molar-refractivity contribution in [2.24, 2.45) is 4.99 Å². The van der Waals surface area contributed by atoms with Crippen LogP contribution in [-0.4, -0.2) is 13.3 Å². The summed E-state index contributed by atoms with van der Waals surface area (Å²) in [4.78, 5) is 4.72. The summed E-state index contributed by atoms with van der Waals surface area (Å²) >= 11 is 2.33. The highest BCUT2D eigenvalue weighted by Crippen LogP contribution is 2.30. The van der Waals surface area contributed by atoms with Crippen molar-refractivity contribution in [1.29, 1.82) is 0 Å². The smallest absolute Gasteiger partial charge is 0.119 e. The maximum absolute atomic E-state index is 5.22. The standard InChI is InChI=1S/C24H18INO/c1-27-21-13-11-20(12-14-21)26-16-24-22-5-3-2-4-17(22)8-15-23(24)18-6-9-19(25)10-7-18/h2-16H,1H3. The number of aliphatic imine (C=N–C) groups is 1. The Kier molecular flexibility index (Phi) is 5.21. The number of rotatable bonds is 4. The van der Waals surface area contributed by atoms with E-state index in [1.54, 1.807) is 7.11 Å². The molecule has 4 aromatic rings. The van der Waals surface area contributed by atoms with Crippen LogP contribution in [0.5, 0.6) is 5.75 Å². The van der Waals surface area contributed by atoms with Crippen LogP contribution < -0.4 is 4.74 Å². The average Bonchev–Trinajstić information content (AvgIpc) is 2.73. The number of halogens is 1. The molecule has 0 unspecified atom stereocenters. The molecule has 0 aliphatic carbocycles. The molecule has 0 aliphatic rings. The van der Waals surface area contributed by atoms with E-state index in [2.05, 4.69) is 83.3 Å². The van der Waals surface area contributed by atoms with E-state index < -0.39 is 0 Å². The summed E-state index contributed by atoms with van der Waals surface area (Å²) in [5.74, 6) is 0.832. The van der Waals surface area contributed by atoms with Gasteiger partial charge in [-0.3, -0.25) is 4.99 Å². The van der Waals surface area contributed by atoms with Crippen molar-refractivity contribution in [3.8, 4) is 16.9 Å². The highest BCUT2D eigenvalue weighted by atomic mass is 127. The summed E-state index contributed by atoms with van der Waals surface area (Å²) in [5, 5.41) is 2.41. The maximum Gasteiger partial charge on any atom is 0.119 e. The molecule has 0 atom stereocenters. The summed E-state index contributed by atoms with van der Waals surface area (Å²) in [5.41, 5.74) is 4.40. The molecule has 4 aromatic carbocycles. The van der Waals surface area contributed by atoms with E-state index >= 15 is 0 Å². The van der Waals surface area contributed by atoms with Crippen LogP contribution in [0, 0.1) is 3.57 Å². The molecule has 0 radical (unpaired) electrons. The Morgan fingerprint density at radius 1 is 0.815 bits per heavy atom. The van der Waals surface area contributed by atoms with Crippen molar-refractivity contribution >= 4 is 45.3 Å². The highest BCUT2D eigenvalue weighted by molar-refractivity contribution is 14.1. The number of benzene rings is 4. The number of hydrogen-bond acceptors (Lipinski definition) is 2. The lowest BCUT2D eigenvalue weighted by molar-refractivity contribution is 0.415. The summed E-state index contributed by atoms with van der Waals surface area (Å²) in [6.45, 7) is 0. The van der Waals surface area contributed by atoms with Gasteiger partial charge < -0.3 is 4.74 Å². The molecule has 0 saturated carbocycles. The Balaban J connectivity index is 1.84. The van der Waals surface area contributed by atoms with Gasteiger partial charge in [0, 0.05) is 15.3 Å². The number of hydrogen-bond donors (Lipinski definition) is 0. The molecule has 0 heterocycles. The minimum absolute atomic E-state index is 0.832. The Morgan fingerprint density at radius 2 is 1.56 bits per heavy atom. The van der Waals surface area contributed by atoms with Crippen molar-refractivity contribution in [3.05, 3.63) is 94.1 Å². The van der Waals surface area contributed by atoms with E-state index in [1.165, 1.54) is 25.5 Å². The van der Waals surface area contributed by atoms with Gasteiger partial charge in [0.05, 0.1) is 12.8 Å². The summed E-state index contributed by atoms with van der Waals surface area (Å²) in [6.07, 6.45) is 1.97. The first-order valence-electron chi connectivity index (χ1n) is 8.70. The third kappa shape index (κ3) is 3.88. The van der Waals surface area contributed by atoms with E-state index in [1.807, 2.05) is 30.5 Å². The Morgan fingerprint density at radius 3 is 2.30 bits per heavy atom. The van der Waals surface area contributed by atoms with Crippen LogP contribution >= 0.6 is 22.6 Å². The number of fused-ring (bicyclic) bond motifs is 1. The van der Waals surface area contributed by atoms with Gasteiger partial charge in [-0.2, -0.15) is 0 Å². The second kappa shape index (κ2) is 7.92. The van der Waals surface area contributed by atoms with E-state index in [0.29, 0.717) is 0 Å². The van der Waals surface area contributed by atoms with Crippen LogP contribution in [0.2, 0.25) is 0 Å². The first-order valence-corrected chi connectivity index (χ1v) is 9.78. The van der Waals surface area contributed by atoms with Gasteiger partial charge in [-0.15, -0.1) is 0 Å². The molecule has 0 amide bonds. The summed E-state index contributed by atoms with van der Waals surface area (Å²) in [7, 11) is 1.67. The van der Waals surface area contributed by atoms with Gasteiger partial charge in [0.1, 0.15) is 5.75 Å². The topological polar surface area (TPSA) is 21.6 Å². The minimum atomic E-state index is 0.832. The van der Waals surface area contributed by atoms with Gasteiger partial charge in [-0.25, -0.2) is 0 Å². The molecule has 0 aliphatic heterocycles. The van der Waals surface area contributed by atoms with E-state index in [-0.39, 0.29) is 0 Å². The molecule has 4 rings (SSSR count). The predicted octanol–water partition coefficient (Wildman–Crippen LogP) is 6.87. The van der Waals surface area contributed by atoms with E-state index in [0.717, 1.165) is 17.0 Å². The first kappa shape index (κ1) is 17.7. The molecule has 0 fully saturated rings. The molecule has 0 aromatic heterocycles. The zero-order valence-corrected chi connectivity index (χ0v) is 17.1. The molecule has 0 spiro atoms. The van der Waals surface area contributed by atoms with Crippen molar-refractivity contribution in [3.63, 3.8) is 0 Å². The quantitative estimate of drug-likeness (QED) is 0.239. The fourth-order valence-corrected chi connectivity index (χ4v) is 3.48. The third-order valence-electron chi connectivity index (χ3n) is 4.54. The van der Waals surface area contributed by atoms with Crippen molar-refractivity contribution in [1.82, 2.24) is 0 Å². The normalized spacial score (nSPS) is 11.2. The largest absolute Gasteiger partial charge is 0.497 e. The zero-order chi connectivity index (χ0) is 18.6. The molecule has 2 nitrogen and oxygen atoms in total. The number of nitrogens with zero attached hydrogens (tertiary/aromatic N) is 1. The fourth-order valence-electron chi connectivity index (χ4n) is 3.12. The van der Waals surface area contributed by atoms with Gasteiger partial charge in [-0.1, -0.05) is 48.5 Å². The lowest BCUT2D eigenvalue weighted by Gasteiger charge is -2.10. The molecule has 132 valence electrons. The van der Waals surface area contributed by atoms with Crippen LogP contribution in [0.15, 0.2) is 89.9 Å². The molecule has 0 N–H and O–H groups in total. The molecular weight excluding hydrogens is 445 g/mol. The lowest BCUT2D eigenvalue weighted by atomic mass is 9.95. The van der Waals surface area contributed by atoms with Crippen molar-refractivity contribution in [2.75, 3.05) is 7.11 Å². The van der Waals surface area contributed by atoms with E-state index in [9.17, 15) is 0 Å². The Labute approximate surface area is 172 Å². The predicted molar refractivity (Wildman–Crippen MR) is 122 cm³/mol. The Bertz CT molecular complexity index is 1100. The van der Waals surface area contributed by atoms with Crippen LogP contribution in [0.1, 0.15) is 5.56 Å². The second-order valence-corrected chi connectivity index (χ2v) is 7.46. The minimum Gasteiger partial charge on any atom is -0.497 e. The average molecular weight is 463 g/mol. The molecule has 3 heteroatoms. The monoisotopic (exact) mass is 463 g/mol. The first-order chi connectivity index (χ1) is 13.2. The molecule has 0 saturated heterocycles. The summed E-state index contributed by atoms with van der Waals surface area (Å²) < 4.78 is 6.45. The molecule has 0 bridgehead atoms. The van der Waals surface area contributed by atoms with Gasteiger partial charge in [0.2, 0.25) is 0 Å². The van der Waals surface area contributed by atoms with Gasteiger partial charge in [-0.05, 0) is 80.9 Å². The van der Waals surface area contributed by atoms with Gasteiger partial charge in [0.25, 0.3) is 0 Å². The SMILES string of the molecule is COc1ccc(N=Cc2c(-c3ccc(I)cc3)ccc3ccccc23)cc1. The van der Waals surface area contributed by atoms with Crippen molar-refractivity contribution in [2.45, 2.75) is 0 Å². The summed E-state index contributed by atoms with van der Waals surface area (Å²) in [6, 6.07) is 29.2. The Hall–Kier alpha value is -2.66. The van der Waals surface area contributed by atoms with Crippen LogP contribution in [0.25, 0.3) is 21.9 Å². The van der Waals surface area contributed by atoms with Crippen LogP contribution in [-0.2, 0) is 0 Å². The van der Waals surface area contributed by atoms with Crippen LogP contribution in [0.3, 0.4) is 0 Å². The molecular formula is C24H18INO. The zero-order valence-electron chi connectivity index (χ0n) is 14.9. The fraction of sp³-hybridized carbons (Fsp3) is 0.0417. The van der Waals surface area contributed by atoms with Crippen molar-refractivity contribution < 1.29 is 4.74 Å². The van der Waals surface area contributed by atoms with Gasteiger partial charge in [0.15, 0.2) is 0 Å². The third-order valence-corrected chi connectivity index (χ3v) is 5.26. The van der Waals surface area contributed by atoms with Crippen LogP contribution in [0.4, 0.5) is 5.69 Å². The number of methoxy groups -OCH3 is 1. The van der Waals surface area contributed by atoms with E-state index in [4.69, 9.17) is 9.73 Å². The van der Waals surface area contributed by atoms with Gasteiger partial charge >= 0.3 is 0 Å². The molecule has 27 heavy (non-hydrogen) atoms. The second-order valence-electron chi connectivity index (χ2n) is 6.21. The maximum atomic E-state index is 5.22. The highest BCUT2D eigenvalue weighted by Gasteiger charge is 2.08. The lowest BCUT2D eigenvalue weighted by Crippen LogP contribution is -1.91. The number of ether oxygens (including phenoxy) is 1.